The molecule has 2 aromatic carbocycles. The Bertz CT molecular complexity index is 928. The first-order valence-corrected chi connectivity index (χ1v) is 10.6. The Balaban J connectivity index is 1.22. The van der Waals surface area contributed by atoms with Gasteiger partial charge in [-0.25, -0.2) is 0 Å². The number of carbonyl (C=O) groups is 1. The molecule has 6 nitrogen and oxygen atoms in total. The van der Waals surface area contributed by atoms with Crippen molar-refractivity contribution in [3.63, 3.8) is 0 Å². The highest BCUT2D eigenvalue weighted by Crippen LogP contribution is 2.32. The van der Waals surface area contributed by atoms with Crippen LogP contribution in [0.15, 0.2) is 48.5 Å². The van der Waals surface area contributed by atoms with Gasteiger partial charge in [0.1, 0.15) is 12.7 Å². The molecule has 0 radical (unpaired) electrons. The molecule has 0 aromatic heterocycles. The van der Waals surface area contributed by atoms with E-state index in [1.807, 2.05) is 18.2 Å². The van der Waals surface area contributed by atoms with Gasteiger partial charge in [-0.1, -0.05) is 12.1 Å². The molecule has 2 aliphatic rings. The number of para-hydroxylation sites is 2. The highest BCUT2D eigenvalue weighted by Gasteiger charge is 2.31. The number of nitrogens with zero attached hydrogens (tertiary/aromatic N) is 1. The summed E-state index contributed by atoms with van der Waals surface area (Å²) < 4.78 is 49.6. The van der Waals surface area contributed by atoms with Gasteiger partial charge in [-0.15, -0.1) is 0 Å². The molecule has 2 N–H and O–H groups in total. The predicted octanol–water partition coefficient (Wildman–Crippen LogP) is 3.10. The number of nitrogens with one attached hydrogen (secondary N) is 1. The second kappa shape index (κ2) is 9.38. The Hall–Kier alpha value is -2.78. The number of carbonyl (C=O) groups excluding carboxylic acids is 1. The third kappa shape index (κ3) is 5.16. The lowest BCUT2D eigenvalue weighted by atomic mass is 10.0. The third-order valence-corrected chi connectivity index (χ3v) is 5.82. The monoisotopic (exact) mass is 450 g/mol. The molecule has 9 heteroatoms. The van der Waals surface area contributed by atoms with Crippen LogP contribution in [0.4, 0.5) is 13.2 Å². The summed E-state index contributed by atoms with van der Waals surface area (Å²) in [5, 5.41) is 13.8. The van der Waals surface area contributed by atoms with E-state index in [1.165, 1.54) is 12.1 Å². The maximum Gasteiger partial charge on any atom is 0.416 e. The van der Waals surface area contributed by atoms with Crippen molar-refractivity contribution in [3.8, 4) is 11.5 Å². The number of aliphatic hydroxyl groups is 1. The van der Waals surface area contributed by atoms with Crippen LogP contribution in [0.2, 0.25) is 0 Å². The number of rotatable bonds is 5. The van der Waals surface area contributed by atoms with Crippen LogP contribution in [0, 0.1) is 0 Å². The zero-order valence-corrected chi connectivity index (χ0v) is 17.3. The van der Waals surface area contributed by atoms with Gasteiger partial charge in [-0.3, -0.25) is 4.79 Å². The zero-order valence-electron chi connectivity index (χ0n) is 17.3. The van der Waals surface area contributed by atoms with Gasteiger partial charge in [0.05, 0.1) is 5.56 Å². The molecule has 1 amide bonds. The largest absolute Gasteiger partial charge is 0.486 e. The summed E-state index contributed by atoms with van der Waals surface area (Å²) in [7, 11) is 0. The van der Waals surface area contributed by atoms with E-state index >= 15 is 0 Å². The molecule has 1 fully saturated rings. The summed E-state index contributed by atoms with van der Waals surface area (Å²) in [4.78, 5) is 14.2. The van der Waals surface area contributed by atoms with Gasteiger partial charge in [0.15, 0.2) is 17.6 Å². The first kappa shape index (κ1) is 22.4. The Morgan fingerprint density at radius 2 is 1.75 bits per heavy atom. The fourth-order valence-electron chi connectivity index (χ4n) is 3.92. The highest BCUT2D eigenvalue weighted by molar-refractivity contribution is 5.94. The standard InChI is InChI=1S/C23H25F3N2O4/c24-23(25,26)16-7-5-15(6-8-16)22(30)28-11-9-17(10-12-28)27-13-18(29)21-14-31-19-3-1-2-4-20(19)32-21/h1-8,17-18,21,27,29H,9-14H2. The molecule has 0 bridgehead atoms. The van der Waals surface area contributed by atoms with Gasteiger partial charge >= 0.3 is 6.18 Å². The van der Waals surface area contributed by atoms with Crippen molar-refractivity contribution in [3.05, 3.63) is 59.7 Å². The van der Waals surface area contributed by atoms with Crippen LogP contribution in [-0.4, -0.2) is 60.4 Å². The molecule has 2 unspecified atom stereocenters. The van der Waals surface area contributed by atoms with E-state index in [9.17, 15) is 23.1 Å². The van der Waals surface area contributed by atoms with Crippen LogP contribution in [0.1, 0.15) is 28.8 Å². The lowest BCUT2D eigenvalue weighted by Crippen LogP contribution is -2.50. The minimum atomic E-state index is -4.42. The van der Waals surface area contributed by atoms with Crippen molar-refractivity contribution >= 4 is 5.91 Å². The first-order chi connectivity index (χ1) is 15.3. The molecule has 2 aromatic rings. The number of ether oxygens (including phenoxy) is 2. The molecule has 0 aliphatic carbocycles. The summed E-state index contributed by atoms with van der Waals surface area (Å²) in [5.41, 5.74) is -0.527. The maximum atomic E-state index is 12.7. The molecule has 0 saturated carbocycles. The summed E-state index contributed by atoms with van der Waals surface area (Å²) in [6.07, 6.45) is -4.28. The Labute approximate surface area is 183 Å². The van der Waals surface area contributed by atoms with Crippen molar-refractivity contribution in [2.75, 3.05) is 26.2 Å². The van der Waals surface area contributed by atoms with Crippen LogP contribution in [0.25, 0.3) is 0 Å². The van der Waals surface area contributed by atoms with Gasteiger partial charge in [-0.2, -0.15) is 13.2 Å². The van der Waals surface area contributed by atoms with E-state index in [0.717, 1.165) is 12.1 Å². The first-order valence-electron chi connectivity index (χ1n) is 10.6. The van der Waals surface area contributed by atoms with E-state index in [2.05, 4.69) is 5.32 Å². The average molecular weight is 450 g/mol. The normalized spacial score (nSPS) is 20.1. The van der Waals surface area contributed by atoms with Crippen LogP contribution in [-0.2, 0) is 6.18 Å². The predicted molar refractivity (Wildman–Crippen MR) is 111 cm³/mol. The van der Waals surface area contributed by atoms with E-state index in [-0.39, 0.29) is 24.1 Å². The van der Waals surface area contributed by atoms with Crippen molar-refractivity contribution in [2.24, 2.45) is 0 Å². The smallest absolute Gasteiger partial charge is 0.416 e. The molecule has 172 valence electrons. The van der Waals surface area contributed by atoms with Crippen molar-refractivity contribution < 1.29 is 32.5 Å². The maximum absolute atomic E-state index is 12.7. The average Bonchev–Trinajstić information content (AvgIpc) is 2.81. The molecule has 32 heavy (non-hydrogen) atoms. The van der Waals surface area contributed by atoms with E-state index < -0.39 is 23.9 Å². The Morgan fingerprint density at radius 3 is 2.41 bits per heavy atom. The number of hydrogen-bond donors (Lipinski definition) is 2. The summed E-state index contributed by atoms with van der Waals surface area (Å²) in [5.74, 6) is 0.996. The summed E-state index contributed by atoms with van der Waals surface area (Å²) in [6, 6.07) is 11.7. The fraction of sp³-hybridized carbons (Fsp3) is 0.435. The summed E-state index contributed by atoms with van der Waals surface area (Å²) >= 11 is 0. The van der Waals surface area contributed by atoms with Crippen LogP contribution in [0.3, 0.4) is 0 Å². The van der Waals surface area contributed by atoms with Crippen LogP contribution in [0.5, 0.6) is 11.5 Å². The summed E-state index contributed by atoms with van der Waals surface area (Å²) in [6.45, 7) is 1.57. The number of halogens is 3. The SMILES string of the molecule is O=C(c1ccc(C(F)(F)F)cc1)N1CCC(NCC(O)C2COc3ccccc3O2)CC1. The lowest BCUT2D eigenvalue weighted by molar-refractivity contribution is -0.137. The topological polar surface area (TPSA) is 71.0 Å². The second-order valence-corrected chi connectivity index (χ2v) is 8.03. The third-order valence-electron chi connectivity index (χ3n) is 5.82. The zero-order chi connectivity index (χ0) is 22.7. The Kier molecular flexibility index (Phi) is 6.57. The molecule has 2 heterocycles. The minimum absolute atomic E-state index is 0.123. The van der Waals surface area contributed by atoms with Gasteiger partial charge in [-0.05, 0) is 49.2 Å². The van der Waals surface area contributed by atoms with Crippen LogP contribution >= 0.6 is 0 Å². The molecular weight excluding hydrogens is 425 g/mol. The van der Waals surface area contributed by atoms with Crippen molar-refractivity contribution in [2.45, 2.75) is 37.3 Å². The van der Waals surface area contributed by atoms with Crippen molar-refractivity contribution in [1.29, 1.82) is 0 Å². The molecule has 4 rings (SSSR count). The van der Waals surface area contributed by atoms with Gasteiger partial charge in [0.25, 0.3) is 5.91 Å². The van der Waals surface area contributed by atoms with Gasteiger partial charge < -0.3 is 24.8 Å². The van der Waals surface area contributed by atoms with Crippen LogP contribution < -0.4 is 14.8 Å². The molecule has 1 saturated heterocycles. The molecule has 0 spiro atoms. The number of hydrogen-bond acceptors (Lipinski definition) is 5. The van der Waals surface area contributed by atoms with Gasteiger partial charge in [0, 0.05) is 31.2 Å². The number of aliphatic hydroxyl groups excluding tert-OH is 1. The number of piperidine rings is 1. The molecular formula is C23H25F3N2O4. The van der Waals surface area contributed by atoms with E-state index in [0.29, 0.717) is 44.0 Å². The number of benzene rings is 2. The van der Waals surface area contributed by atoms with E-state index in [1.54, 1.807) is 11.0 Å². The quantitative estimate of drug-likeness (QED) is 0.733. The molecule has 2 aliphatic heterocycles. The van der Waals surface area contributed by atoms with Gasteiger partial charge in [0.2, 0.25) is 0 Å². The lowest BCUT2D eigenvalue weighted by Gasteiger charge is -2.34. The fourth-order valence-corrected chi connectivity index (χ4v) is 3.92. The Morgan fingerprint density at radius 1 is 1.09 bits per heavy atom. The van der Waals surface area contributed by atoms with E-state index in [4.69, 9.17) is 9.47 Å². The number of amides is 1. The number of fused-ring (bicyclic) bond motifs is 1. The molecule has 2 atom stereocenters. The number of alkyl halides is 3. The minimum Gasteiger partial charge on any atom is -0.486 e. The number of likely N-dealkylation sites (tertiary alicyclic amines) is 1. The second-order valence-electron chi connectivity index (χ2n) is 8.03. The van der Waals surface area contributed by atoms with Crippen molar-refractivity contribution in [1.82, 2.24) is 10.2 Å². The highest BCUT2D eigenvalue weighted by atomic mass is 19.4.